The number of rotatable bonds is 0. The van der Waals surface area contributed by atoms with Crippen molar-refractivity contribution in [1.29, 1.82) is 0 Å². The summed E-state index contributed by atoms with van der Waals surface area (Å²) in [6.45, 7) is 3.71. The molecule has 0 saturated carbocycles. The van der Waals surface area contributed by atoms with Gasteiger partial charge in [-0.1, -0.05) is 0 Å². The molecule has 4 aliphatic rings. The third-order valence-corrected chi connectivity index (χ3v) is 6.59. The molecule has 4 heterocycles. The summed E-state index contributed by atoms with van der Waals surface area (Å²) >= 11 is 0. The summed E-state index contributed by atoms with van der Waals surface area (Å²) in [4.78, 5) is 15.2. The Morgan fingerprint density at radius 3 is 2.80 bits per heavy atom. The van der Waals surface area contributed by atoms with Gasteiger partial charge in [-0.3, -0.25) is 4.79 Å². The fraction of sp³-hybridized carbons (Fsp3) is 0.938. The summed E-state index contributed by atoms with van der Waals surface area (Å²) in [7, 11) is 2.44. The lowest BCUT2D eigenvalue weighted by molar-refractivity contribution is -0.950. The molecule has 4 rings (SSSR count). The minimum Gasteiger partial charge on any atom is -1.00 e. The number of piperidine rings is 4. The lowest BCUT2D eigenvalue weighted by Crippen LogP contribution is -3.00. The molecule has 0 aromatic heterocycles. The second kappa shape index (κ2) is 5.41. The number of carbonyl (C=O) groups excluding carboxylic acids is 1. The molecule has 5 atom stereocenters. The summed E-state index contributed by atoms with van der Waals surface area (Å²) in [6, 6.07) is 1.23. The Hall–Kier alpha value is 0.160. The SMILES string of the molecule is C[N@+]12CCCC[C@@H]1[C@H]1C[C@@H](C2)[C@@H]2CCCCN2C1=O.[I-]. The molecule has 0 aromatic rings. The van der Waals surface area contributed by atoms with E-state index >= 15 is 0 Å². The van der Waals surface area contributed by atoms with Crippen molar-refractivity contribution in [3.05, 3.63) is 0 Å². The van der Waals surface area contributed by atoms with Crippen LogP contribution in [0.25, 0.3) is 0 Å². The third kappa shape index (κ3) is 2.13. The fourth-order valence-corrected chi connectivity index (χ4v) is 5.74. The number of hydrogen-bond donors (Lipinski definition) is 0. The predicted molar refractivity (Wildman–Crippen MR) is 74.5 cm³/mol. The molecule has 1 amide bonds. The van der Waals surface area contributed by atoms with E-state index in [0.717, 1.165) is 12.5 Å². The zero-order chi connectivity index (χ0) is 13.0. The van der Waals surface area contributed by atoms with Gasteiger partial charge in [0.15, 0.2) is 0 Å². The largest absolute Gasteiger partial charge is 1.00 e. The minimum absolute atomic E-state index is 0. The van der Waals surface area contributed by atoms with Gasteiger partial charge in [0.2, 0.25) is 5.91 Å². The van der Waals surface area contributed by atoms with E-state index in [0.29, 0.717) is 23.9 Å². The summed E-state index contributed by atoms with van der Waals surface area (Å²) < 4.78 is 1.21. The lowest BCUT2D eigenvalue weighted by Gasteiger charge is -2.59. The molecular formula is C16H27IN2O. The second-order valence-electron chi connectivity index (χ2n) is 7.65. The van der Waals surface area contributed by atoms with Crippen molar-refractivity contribution in [2.75, 3.05) is 26.7 Å². The van der Waals surface area contributed by atoms with Crippen molar-refractivity contribution >= 4 is 5.91 Å². The standard InChI is InChI=1S/C16H27N2O.HI/c1-18-9-5-3-7-15(18)13-10-12(11-18)14-6-2-4-8-17(14)16(13)19;/h12-15H,2-11H2,1H3;1H/q+1;/p-1/t12-,13+,14-,15+,18+;/m0./s1. The van der Waals surface area contributed by atoms with Crippen LogP contribution >= 0.6 is 0 Å². The maximum Gasteiger partial charge on any atom is 0.231 e. The third-order valence-electron chi connectivity index (χ3n) is 6.59. The number of carbonyl (C=O) groups is 1. The first kappa shape index (κ1) is 15.1. The number of hydrogen-bond acceptors (Lipinski definition) is 1. The Bertz CT molecular complexity index is 402. The molecule has 4 aliphatic heterocycles. The van der Waals surface area contributed by atoms with E-state index < -0.39 is 0 Å². The molecule has 0 spiro atoms. The van der Waals surface area contributed by atoms with E-state index in [1.807, 2.05) is 0 Å². The minimum atomic E-state index is 0. The van der Waals surface area contributed by atoms with Gasteiger partial charge < -0.3 is 33.4 Å². The van der Waals surface area contributed by atoms with Gasteiger partial charge in [-0.05, 0) is 38.5 Å². The highest BCUT2D eigenvalue weighted by Crippen LogP contribution is 2.46. The second-order valence-corrected chi connectivity index (χ2v) is 7.65. The molecule has 0 aliphatic carbocycles. The molecule has 114 valence electrons. The topological polar surface area (TPSA) is 20.3 Å². The fourth-order valence-electron chi connectivity index (χ4n) is 5.74. The molecule has 0 radical (unpaired) electrons. The molecule has 2 bridgehead atoms. The number of nitrogens with zero attached hydrogens (tertiary/aromatic N) is 2. The van der Waals surface area contributed by atoms with Crippen LogP contribution in [0.2, 0.25) is 0 Å². The van der Waals surface area contributed by atoms with Crippen LogP contribution in [0.1, 0.15) is 44.9 Å². The zero-order valence-electron chi connectivity index (χ0n) is 12.6. The molecular weight excluding hydrogens is 363 g/mol. The van der Waals surface area contributed by atoms with Crippen molar-refractivity contribution in [2.45, 2.75) is 57.0 Å². The van der Waals surface area contributed by atoms with E-state index in [1.165, 1.54) is 62.5 Å². The highest BCUT2D eigenvalue weighted by molar-refractivity contribution is 5.81. The number of fused-ring (bicyclic) bond motifs is 6. The van der Waals surface area contributed by atoms with Crippen molar-refractivity contribution in [3.63, 3.8) is 0 Å². The average molecular weight is 390 g/mol. The first-order valence-electron chi connectivity index (χ1n) is 8.34. The van der Waals surface area contributed by atoms with Gasteiger partial charge in [-0.25, -0.2) is 0 Å². The zero-order valence-corrected chi connectivity index (χ0v) is 14.7. The van der Waals surface area contributed by atoms with Gasteiger partial charge in [0, 0.05) is 24.9 Å². The molecule has 0 aromatic carbocycles. The van der Waals surface area contributed by atoms with Crippen LogP contribution in [0.5, 0.6) is 0 Å². The average Bonchev–Trinajstić information content (AvgIpc) is 2.43. The van der Waals surface area contributed by atoms with Gasteiger partial charge in [0.1, 0.15) is 6.04 Å². The van der Waals surface area contributed by atoms with Gasteiger partial charge >= 0.3 is 0 Å². The van der Waals surface area contributed by atoms with Gasteiger partial charge in [-0.2, -0.15) is 0 Å². The Kier molecular flexibility index (Phi) is 4.08. The van der Waals surface area contributed by atoms with E-state index in [2.05, 4.69) is 11.9 Å². The summed E-state index contributed by atoms with van der Waals surface area (Å²) in [5, 5.41) is 0. The summed E-state index contributed by atoms with van der Waals surface area (Å²) in [5.74, 6) is 1.68. The first-order chi connectivity index (χ1) is 9.19. The van der Waals surface area contributed by atoms with Gasteiger partial charge in [-0.15, -0.1) is 0 Å². The van der Waals surface area contributed by atoms with Crippen molar-refractivity contribution < 1.29 is 33.3 Å². The van der Waals surface area contributed by atoms with Crippen molar-refractivity contribution in [1.82, 2.24) is 4.90 Å². The summed E-state index contributed by atoms with van der Waals surface area (Å²) in [6.07, 6.45) is 9.05. The van der Waals surface area contributed by atoms with Crippen molar-refractivity contribution in [2.24, 2.45) is 11.8 Å². The Morgan fingerprint density at radius 2 is 1.95 bits per heavy atom. The van der Waals surface area contributed by atoms with Gasteiger partial charge in [0.25, 0.3) is 0 Å². The van der Waals surface area contributed by atoms with Crippen LogP contribution in [-0.4, -0.2) is 54.1 Å². The monoisotopic (exact) mass is 390 g/mol. The van der Waals surface area contributed by atoms with Gasteiger partial charge in [0.05, 0.1) is 26.1 Å². The maximum atomic E-state index is 12.9. The molecule has 0 N–H and O–H groups in total. The molecule has 0 unspecified atom stereocenters. The normalized spacial score (nSPS) is 47.0. The molecule has 3 nitrogen and oxygen atoms in total. The molecule has 4 heteroatoms. The van der Waals surface area contributed by atoms with E-state index in [4.69, 9.17) is 0 Å². The highest BCUT2D eigenvalue weighted by atomic mass is 127. The highest BCUT2D eigenvalue weighted by Gasteiger charge is 2.56. The van der Waals surface area contributed by atoms with Crippen LogP contribution in [0.4, 0.5) is 0 Å². The quantitative estimate of drug-likeness (QED) is 0.385. The first-order valence-corrected chi connectivity index (χ1v) is 8.34. The Balaban J connectivity index is 0.00000121. The smallest absolute Gasteiger partial charge is 0.231 e. The van der Waals surface area contributed by atoms with Crippen LogP contribution in [-0.2, 0) is 4.79 Å². The molecule has 4 fully saturated rings. The van der Waals surface area contributed by atoms with E-state index in [1.54, 1.807) is 0 Å². The molecule has 20 heavy (non-hydrogen) atoms. The predicted octanol–water partition coefficient (Wildman–Crippen LogP) is -0.980. The Morgan fingerprint density at radius 1 is 1.15 bits per heavy atom. The van der Waals surface area contributed by atoms with Crippen LogP contribution in [0.3, 0.4) is 0 Å². The van der Waals surface area contributed by atoms with E-state index in [-0.39, 0.29) is 24.0 Å². The van der Waals surface area contributed by atoms with Crippen LogP contribution in [0, 0.1) is 11.8 Å². The maximum absolute atomic E-state index is 12.9. The van der Waals surface area contributed by atoms with Crippen molar-refractivity contribution in [3.8, 4) is 0 Å². The number of halogens is 1. The van der Waals surface area contributed by atoms with E-state index in [9.17, 15) is 4.79 Å². The lowest BCUT2D eigenvalue weighted by atomic mass is 9.69. The number of amides is 1. The Labute approximate surface area is 139 Å². The van der Waals surface area contributed by atoms with Crippen LogP contribution in [0.15, 0.2) is 0 Å². The number of quaternary nitrogens is 1. The summed E-state index contributed by atoms with van der Waals surface area (Å²) in [5.41, 5.74) is 0. The molecule has 4 saturated heterocycles. The van der Waals surface area contributed by atoms with Crippen LogP contribution < -0.4 is 24.0 Å².